The predicted octanol–water partition coefficient (Wildman–Crippen LogP) is 4.31. The lowest BCUT2D eigenvalue weighted by atomic mass is 10.1. The molecule has 0 fully saturated rings. The van der Waals surface area contributed by atoms with Crippen molar-refractivity contribution in [2.24, 2.45) is 0 Å². The number of hydrogen-bond donors (Lipinski definition) is 1. The lowest BCUT2D eigenvalue weighted by molar-refractivity contribution is -0.116. The molecule has 2 aromatic carbocycles. The number of anilines is 1. The van der Waals surface area contributed by atoms with Gasteiger partial charge in [0.1, 0.15) is 17.1 Å². The molecule has 0 saturated heterocycles. The van der Waals surface area contributed by atoms with Crippen LogP contribution in [-0.4, -0.2) is 15.5 Å². The number of rotatable bonds is 3. The van der Waals surface area contributed by atoms with Crippen LogP contribution in [0.25, 0.3) is 20.3 Å². The van der Waals surface area contributed by atoms with Crippen LogP contribution in [0, 0.1) is 26.6 Å². The van der Waals surface area contributed by atoms with Gasteiger partial charge in [-0.15, -0.1) is 11.3 Å². The van der Waals surface area contributed by atoms with Gasteiger partial charge in [0.15, 0.2) is 0 Å². The van der Waals surface area contributed by atoms with Gasteiger partial charge in [0.05, 0.1) is 17.2 Å². The number of halogens is 1. The number of amides is 1. The number of fused-ring (bicyclic) bond motifs is 3. The summed E-state index contributed by atoms with van der Waals surface area (Å²) in [4.78, 5) is 29.6. The smallest absolute Gasteiger partial charge is 0.271 e. The van der Waals surface area contributed by atoms with Gasteiger partial charge < -0.3 is 5.32 Å². The third kappa shape index (κ3) is 3.07. The van der Waals surface area contributed by atoms with Gasteiger partial charge in [-0.1, -0.05) is 23.8 Å². The Morgan fingerprint density at radius 3 is 2.64 bits per heavy atom. The van der Waals surface area contributed by atoms with Crippen molar-refractivity contribution >= 4 is 43.2 Å². The van der Waals surface area contributed by atoms with Gasteiger partial charge in [-0.05, 0) is 44.0 Å². The number of hydrogen-bond acceptors (Lipinski definition) is 4. The first kappa shape index (κ1) is 18.3. The zero-order valence-corrected chi connectivity index (χ0v) is 16.5. The molecule has 2 heterocycles. The molecule has 2 aromatic heterocycles. The molecular weight excluding hydrogens is 377 g/mol. The number of thiophene rings is 1. The van der Waals surface area contributed by atoms with Crippen LogP contribution in [0.4, 0.5) is 10.1 Å². The largest absolute Gasteiger partial charge is 0.324 e. The summed E-state index contributed by atoms with van der Waals surface area (Å²) in [5.74, 6) is -0.720. The minimum absolute atomic E-state index is 0.161. The van der Waals surface area contributed by atoms with Gasteiger partial charge in [-0.3, -0.25) is 14.2 Å². The summed E-state index contributed by atoms with van der Waals surface area (Å²) >= 11 is 1.19. The second-order valence-electron chi connectivity index (χ2n) is 6.89. The van der Waals surface area contributed by atoms with Gasteiger partial charge in [-0.2, -0.15) is 0 Å². The summed E-state index contributed by atoms with van der Waals surface area (Å²) in [6.07, 6.45) is 1.30. The van der Waals surface area contributed by atoms with Crippen LogP contribution in [0.15, 0.2) is 41.5 Å². The molecule has 142 valence electrons. The van der Waals surface area contributed by atoms with Crippen LogP contribution < -0.4 is 10.9 Å². The normalized spacial score (nSPS) is 11.3. The first-order valence-corrected chi connectivity index (χ1v) is 9.60. The molecule has 4 aromatic rings. The third-order valence-electron chi connectivity index (χ3n) is 4.68. The Balaban J connectivity index is 1.68. The highest BCUT2D eigenvalue weighted by Gasteiger charge is 2.16. The fourth-order valence-corrected chi connectivity index (χ4v) is 4.61. The average molecular weight is 395 g/mol. The third-order valence-corrected chi connectivity index (χ3v) is 5.81. The van der Waals surface area contributed by atoms with E-state index in [1.165, 1.54) is 28.3 Å². The number of aromatic nitrogens is 2. The van der Waals surface area contributed by atoms with Crippen LogP contribution in [-0.2, 0) is 11.3 Å². The van der Waals surface area contributed by atoms with Crippen LogP contribution in [0.1, 0.15) is 16.7 Å². The number of carbonyl (C=O) groups excluding carboxylic acids is 1. The molecule has 4 rings (SSSR count). The SMILES string of the molecule is Cc1cc(C)c(NC(=O)Cn2cnc3c(sc4cccc(F)c43)c2=O)c(C)c1. The van der Waals surface area contributed by atoms with Crippen molar-refractivity contribution in [3.8, 4) is 0 Å². The Morgan fingerprint density at radius 2 is 1.93 bits per heavy atom. The Morgan fingerprint density at radius 1 is 1.21 bits per heavy atom. The number of benzene rings is 2. The van der Waals surface area contributed by atoms with E-state index in [4.69, 9.17) is 0 Å². The molecule has 0 saturated carbocycles. The summed E-state index contributed by atoms with van der Waals surface area (Å²) in [6, 6.07) is 8.69. The van der Waals surface area contributed by atoms with Crippen LogP contribution in [0.5, 0.6) is 0 Å². The van der Waals surface area contributed by atoms with Crippen LogP contribution in [0.2, 0.25) is 0 Å². The fraction of sp³-hybridized carbons (Fsp3) is 0.190. The zero-order valence-electron chi connectivity index (χ0n) is 15.7. The molecule has 7 heteroatoms. The van der Waals surface area contributed by atoms with Crippen molar-refractivity contribution in [1.82, 2.24) is 9.55 Å². The van der Waals surface area contributed by atoms with Gasteiger partial charge >= 0.3 is 0 Å². The van der Waals surface area contributed by atoms with Gasteiger partial charge in [-0.25, -0.2) is 9.37 Å². The number of nitrogens with zero attached hydrogens (tertiary/aromatic N) is 2. The maximum atomic E-state index is 14.1. The Bertz CT molecular complexity index is 1280. The van der Waals surface area contributed by atoms with E-state index in [9.17, 15) is 14.0 Å². The van der Waals surface area contributed by atoms with E-state index in [0.29, 0.717) is 20.3 Å². The molecule has 0 spiro atoms. The van der Waals surface area contributed by atoms with E-state index >= 15 is 0 Å². The fourth-order valence-electron chi connectivity index (χ4n) is 3.49. The predicted molar refractivity (Wildman–Crippen MR) is 111 cm³/mol. The molecule has 5 nitrogen and oxygen atoms in total. The summed E-state index contributed by atoms with van der Waals surface area (Å²) in [5, 5.41) is 3.23. The second kappa shape index (κ2) is 6.83. The highest BCUT2D eigenvalue weighted by molar-refractivity contribution is 7.25. The highest BCUT2D eigenvalue weighted by atomic mass is 32.1. The quantitative estimate of drug-likeness (QED) is 0.562. The molecule has 28 heavy (non-hydrogen) atoms. The van der Waals surface area contributed by atoms with Crippen LogP contribution >= 0.6 is 11.3 Å². The molecule has 0 aliphatic rings. The van der Waals surface area contributed by atoms with Crippen molar-refractivity contribution in [1.29, 1.82) is 0 Å². The monoisotopic (exact) mass is 395 g/mol. The molecule has 0 atom stereocenters. The van der Waals surface area contributed by atoms with Crippen molar-refractivity contribution < 1.29 is 9.18 Å². The van der Waals surface area contributed by atoms with E-state index in [-0.39, 0.29) is 18.0 Å². The second-order valence-corrected chi connectivity index (χ2v) is 7.94. The van der Waals surface area contributed by atoms with E-state index < -0.39 is 5.82 Å². The molecule has 1 N–H and O–H groups in total. The van der Waals surface area contributed by atoms with Crippen molar-refractivity contribution in [3.05, 3.63) is 69.5 Å². The standard InChI is InChI=1S/C21H18FN3O2S/c1-11-7-12(2)18(13(3)8-11)24-16(26)9-25-10-23-19-17-14(22)5-4-6-15(17)28-20(19)21(25)27/h4-8,10H,9H2,1-3H3,(H,24,26). The first-order chi connectivity index (χ1) is 13.3. The minimum Gasteiger partial charge on any atom is -0.324 e. The number of aryl methyl sites for hydroxylation is 3. The molecular formula is C21H18FN3O2S. The Hall–Kier alpha value is -3.06. The Labute approximate surface area is 164 Å². The highest BCUT2D eigenvalue weighted by Crippen LogP contribution is 2.31. The topological polar surface area (TPSA) is 64.0 Å². The molecule has 1 amide bonds. The maximum absolute atomic E-state index is 14.1. The van der Waals surface area contributed by atoms with Gasteiger partial charge in [0, 0.05) is 10.4 Å². The van der Waals surface area contributed by atoms with Gasteiger partial charge in [0.25, 0.3) is 5.56 Å². The van der Waals surface area contributed by atoms with E-state index in [2.05, 4.69) is 10.3 Å². The summed E-state index contributed by atoms with van der Waals surface area (Å²) in [7, 11) is 0. The molecule has 0 bridgehead atoms. The van der Waals surface area contributed by atoms with Crippen molar-refractivity contribution in [2.45, 2.75) is 27.3 Å². The summed E-state index contributed by atoms with van der Waals surface area (Å²) in [5.41, 5.74) is 3.79. The van der Waals surface area contributed by atoms with Crippen LogP contribution in [0.3, 0.4) is 0 Å². The average Bonchev–Trinajstić information content (AvgIpc) is 3.01. The zero-order chi connectivity index (χ0) is 20.0. The summed E-state index contributed by atoms with van der Waals surface area (Å²) in [6.45, 7) is 5.70. The lowest BCUT2D eigenvalue weighted by Crippen LogP contribution is -2.27. The van der Waals surface area contributed by atoms with E-state index in [1.807, 2.05) is 32.9 Å². The van der Waals surface area contributed by atoms with E-state index in [1.54, 1.807) is 12.1 Å². The summed E-state index contributed by atoms with van der Waals surface area (Å²) < 4.78 is 16.4. The van der Waals surface area contributed by atoms with Crippen molar-refractivity contribution in [2.75, 3.05) is 5.32 Å². The van der Waals surface area contributed by atoms with E-state index in [0.717, 1.165) is 22.4 Å². The van der Waals surface area contributed by atoms with Crippen molar-refractivity contribution in [3.63, 3.8) is 0 Å². The Kier molecular flexibility index (Phi) is 4.47. The maximum Gasteiger partial charge on any atom is 0.271 e. The number of nitrogens with one attached hydrogen (secondary N) is 1. The molecule has 0 aliphatic heterocycles. The first-order valence-electron chi connectivity index (χ1n) is 8.79. The molecule has 0 aliphatic carbocycles. The molecule has 0 unspecified atom stereocenters. The minimum atomic E-state index is -0.406. The number of carbonyl (C=O) groups is 1. The lowest BCUT2D eigenvalue weighted by Gasteiger charge is -2.13. The van der Waals surface area contributed by atoms with Gasteiger partial charge in [0.2, 0.25) is 5.91 Å². The molecule has 0 radical (unpaired) electrons.